The van der Waals surface area contributed by atoms with Gasteiger partial charge in [0.25, 0.3) is 0 Å². The normalized spacial score (nSPS) is 21.2. The summed E-state index contributed by atoms with van der Waals surface area (Å²) < 4.78 is 28.6. The predicted octanol–water partition coefficient (Wildman–Crippen LogP) is 0.937. The maximum Gasteiger partial charge on any atom is 0.304 e. The summed E-state index contributed by atoms with van der Waals surface area (Å²) in [5, 5.41) is 3.27. The van der Waals surface area contributed by atoms with Crippen molar-refractivity contribution < 1.29 is 8.42 Å². The first-order valence-corrected chi connectivity index (χ1v) is 8.16. The Kier molecular flexibility index (Phi) is 3.47. The van der Waals surface area contributed by atoms with Gasteiger partial charge in [-0.25, -0.2) is 0 Å². The molecule has 0 unspecified atom stereocenters. The number of nitrogens with one attached hydrogen (secondary N) is 1. The van der Waals surface area contributed by atoms with Crippen LogP contribution in [0, 0.1) is 0 Å². The van der Waals surface area contributed by atoms with Crippen molar-refractivity contribution in [2.24, 2.45) is 0 Å². The van der Waals surface area contributed by atoms with Crippen LogP contribution in [0.4, 0.5) is 5.69 Å². The molecule has 0 radical (unpaired) electrons. The quantitative estimate of drug-likeness (QED) is 0.877. The van der Waals surface area contributed by atoms with Gasteiger partial charge < -0.3 is 5.32 Å². The molecule has 1 aromatic carbocycles. The molecule has 104 valence electrons. The highest BCUT2D eigenvalue weighted by atomic mass is 32.2. The topological polar surface area (TPSA) is 52.7 Å². The molecule has 5 nitrogen and oxygen atoms in total. The van der Waals surface area contributed by atoms with E-state index in [4.69, 9.17) is 0 Å². The summed E-state index contributed by atoms with van der Waals surface area (Å²) in [6.45, 7) is 3.20. The van der Waals surface area contributed by atoms with E-state index < -0.39 is 10.2 Å². The van der Waals surface area contributed by atoms with E-state index >= 15 is 0 Å². The largest absolute Gasteiger partial charge is 0.311 e. The molecule has 1 aromatic rings. The van der Waals surface area contributed by atoms with Crippen molar-refractivity contribution in [3.8, 4) is 0 Å². The molecule has 0 amide bonds. The minimum Gasteiger partial charge on any atom is -0.311 e. The molecule has 1 fully saturated rings. The van der Waals surface area contributed by atoms with Crippen LogP contribution in [0.15, 0.2) is 24.3 Å². The number of hydrogen-bond acceptors (Lipinski definition) is 3. The van der Waals surface area contributed by atoms with Crippen molar-refractivity contribution >= 4 is 15.9 Å². The third-order valence-electron chi connectivity index (χ3n) is 3.74. The first kappa shape index (κ1) is 12.9. The summed E-state index contributed by atoms with van der Waals surface area (Å²) >= 11 is 0. The van der Waals surface area contributed by atoms with E-state index in [1.807, 2.05) is 24.3 Å². The van der Waals surface area contributed by atoms with Gasteiger partial charge in [0.05, 0.1) is 5.69 Å². The Morgan fingerprint density at radius 1 is 1.05 bits per heavy atom. The lowest BCUT2D eigenvalue weighted by Gasteiger charge is -2.28. The van der Waals surface area contributed by atoms with E-state index in [1.165, 1.54) is 0 Å². The van der Waals surface area contributed by atoms with Gasteiger partial charge in [0.2, 0.25) is 0 Å². The standard InChI is InChI=1S/C13H19N3O2S/c17-19(18,15-8-3-4-9-15)16-10-7-14-11-12-5-1-2-6-13(12)16/h1-2,5-6,14H,3-4,7-11H2. The summed E-state index contributed by atoms with van der Waals surface area (Å²) in [4.78, 5) is 0. The molecular weight excluding hydrogens is 262 g/mol. The molecule has 2 aliphatic rings. The monoisotopic (exact) mass is 281 g/mol. The van der Waals surface area contributed by atoms with Crippen LogP contribution in [-0.2, 0) is 16.8 Å². The Bertz CT molecular complexity index is 553. The van der Waals surface area contributed by atoms with Crippen molar-refractivity contribution in [1.29, 1.82) is 0 Å². The Balaban J connectivity index is 2.00. The molecule has 1 N–H and O–H groups in total. The van der Waals surface area contributed by atoms with Gasteiger partial charge in [0.15, 0.2) is 0 Å². The van der Waals surface area contributed by atoms with Gasteiger partial charge in [-0.1, -0.05) is 18.2 Å². The van der Waals surface area contributed by atoms with Gasteiger partial charge in [0, 0.05) is 32.7 Å². The zero-order chi connectivity index (χ0) is 13.3. The molecule has 6 heteroatoms. The average Bonchev–Trinajstić information content (AvgIpc) is 2.86. The molecular formula is C13H19N3O2S. The second kappa shape index (κ2) is 5.11. The lowest BCUT2D eigenvalue weighted by atomic mass is 10.2. The van der Waals surface area contributed by atoms with Crippen LogP contribution in [0.5, 0.6) is 0 Å². The number of nitrogens with zero attached hydrogens (tertiary/aromatic N) is 2. The highest BCUT2D eigenvalue weighted by molar-refractivity contribution is 7.90. The Labute approximate surface area is 114 Å². The fraction of sp³-hybridized carbons (Fsp3) is 0.538. The van der Waals surface area contributed by atoms with Crippen molar-refractivity contribution in [1.82, 2.24) is 9.62 Å². The van der Waals surface area contributed by atoms with E-state index in [2.05, 4.69) is 5.32 Å². The smallest absolute Gasteiger partial charge is 0.304 e. The molecule has 2 heterocycles. The van der Waals surface area contributed by atoms with Crippen LogP contribution in [0.25, 0.3) is 0 Å². The van der Waals surface area contributed by atoms with E-state index in [9.17, 15) is 8.42 Å². The van der Waals surface area contributed by atoms with Crippen LogP contribution in [0.3, 0.4) is 0 Å². The minimum absolute atomic E-state index is 0.496. The number of fused-ring (bicyclic) bond motifs is 1. The van der Waals surface area contributed by atoms with Crippen molar-refractivity contribution in [3.05, 3.63) is 29.8 Å². The first-order chi connectivity index (χ1) is 9.19. The molecule has 0 aromatic heterocycles. The third-order valence-corrected chi connectivity index (χ3v) is 5.69. The summed E-state index contributed by atoms with van der Waals surface area (Å²) in [6, 6.07) is 7.74. The summed E-state index contributed by atoms with van der Waals surface area (Å²) in [6.07, 6.45) is 1.93. The second-order valence-electron chi connectivity index (χ2n) is 4.99. The van der Waals surface area contributed by atoms with E-state index in [0.717, 1.165) is 30.6 Å². The predicted molar refractivity (Wildman–Crippen MR) is 75.2 cm³/mol. The molecule has 0 saturated carbocycles. The highest BCUT2D eigenvalue weighted by Crippen LogP contribution is 2.27. The molecule has 19 heavy (non-hydrogen) atoms. The zero-order valence-electron chi connectivity index (χ0n) is 10.9. The van der Waals surface area contributed by atoms with Crippen molar-refractivity contribution in [3.63, 3.8) is 0 Å². The maximum absolute atomic E-state index is 12.7. The second-order valence-corrected chi connectivity index (χ2v) is 6.84. The van der Waals surface area contributed by atoms with Crippen LogP contribution in [-0.4, -0.2) is 38.9 Å². The van der Waals surface area contributed by atoms with Crippen LogP contribution >= 0.6 is 0 Å². The molecule has 2 aliphatic heterocycles. The zero-order valence-corrected chi connectivity index (χ0v) is 11.7. The van der Waals surface area contributed by atoms with E-state index in [-0.39, 0.29) is 0 Å². The lowest BCUT2D eigenvalue weighted by molar-refractivity contribution is 0.473. The summed E-state index contributed by atoms with van der Waals surface area (Å²) in [5.41, 5.74) is 1.86. The minimum atomic E-state index is -3.37. The van der Waals surface area contributed by atoms with Gasteiger partial charge in [-0.2, -0.15) is 12.7 Å². The number of anilines is 1. The fourth-order valence-corrected chi connectivity index (χ4v) is 4.47. The van der Waals surface area contributed by atoms with Gasteiger partial charge in [-0.15, -0.1) is 0 Å². The first-order valence-electron chi connectivity index (χ1n) is 6.76. The average molecular weight is 281 g/mol. The highest BCUT2D eigenvalue weighted by Gasteiger charge is 2.33. The summed E-state index contributed by atoms with van der Waals surface area (Å²) in [5.74, 6) is 0. The van der Waals surface area contributed by atoms with Crippen LogP contribution in [0.1, 0.15) is 18.4 Å². The molecule has 0 bridgehead atoms. The van der Waals surface area contributed by atoms with Gasteiger partial charge in [0.1, 0.15) is 0 Å². The van der Waals surface area contributed by atoms with E-state index in [0.29, 0.717) is 26.2 Å². The van der Waals surface area contributed by atoms with Crippen molar-refractivity contribution in [2.75, 3.05) is 30.5 Å². The lowest BCUT2D eigenvalue weighted by Crippen LogP contribution is -2.44. The van der Waals surface area contributed by atoms with Gasteiger partial charge in [-0.05, 0) is 24.5 Å². The fourth-order valence-electron chi connectivity index (χ4n) is 2.73. The Morgan fingerprint density at radius 2 is 1.79 bits per heavy atom. The summed E-state index contributed by atoms with van der Waals surface area (Å²) in [7, 11) is -3.37. The SMILES string of the molecule is O=S(=O)(N1CCCC1)N1CCNCc2ccccc21. The van der Waals surface area contributed by atoms with Gasteiger partial charge >= 0.3 is 10.2 Å². The van der Waals surface area contributed by atoms with E-state index in [1.54, 1.807) is 8.61 Å². The molecule has 0 atom stereocenters. The van der Waals surface area contributed by atoms with Crippen molar-refractivity contribution in [2.45, 2.75) is 19.4 Å². The number of para-hydroxylation sites is 1. The third kappa shape index (κ3) is 2.35. The molecule has 0 spiro atoms. The van der Waals surface area contributed by atoms with Gasteiger partial charge in [-0.3, -0.25) is 4.31 Å². The molecule has 3 rings (SSSR count). The molecule has 0 aliphatic carbocycles. The number of benzene rings is 1. The van der Waals surface area contributed by atoms with Crippen LogP contribution in [0.2, 0.25) is 0 Å². The Morgan fingerprint density at radius 3 is 2.58 bits per heavy atom. The number of hydrogen-bond donors (Lipinski definition) is 1. The van der Waals surface area contributed by atoms with Crippen LogP contribution < -0.4 is 9.62 Å². The number of rotatable bonds is 2. The maximum atomic E-state index is 12.7. The molecule has 1 saturated heterocycles. The Hall–Kier alpha value is -1.11.